The highest BCUT2D eigenvalue weighted by molar-refractivity contribution is 5.69. The highest BCUT2D eigenvalue weighted by Crippen LogP contribution is 2.11. The summed E-state index contributed by atoms with van der Waals surface area (Å²) in [4.78, 5) is 22.3. The predicted octanol–water partition coefficient (Wildman–Crippen LogP) is 9.08. The lowest BCUT2D eigenvalue weighted by molar-refractivity contribution is -0.144. The topological polar surface area (TPSA) is 83.8 Å². The van der Waals surface area contributed by atoms with Crippen LogP contribution in [0.3, 0.4) is 0 Å². The minimum atomic E-state index is -0.687. The fourth-order valence-corrected chi connectivity index (χ4v) is 4.27. The van der Waals surface area contributed by atoms with Gasteiger partial charge in [-0.15, -0.1) is 0 Å². The van der Waals surface area contributed by atoms with Crippen molar-refractivity contribution in [3.05, 3.63) is 24.3 Å². The van der Waals surface area contributed by atoms with Crippen LogP contribution >= 0.6 is 0 Å². The van der Waals surface area contributed by atoms with E-state index in [1.807, 2.05) is 0 Å². The number of unbranched alkanes of at least 4 members (excludes halogenated alkanes) is 15. The maximum Gasteiger partial charge on any atom is 0.305 e. The molecule has 0 saturated heterocycles. The van der Waals surface area contributed by atoms with Crippen LogP contribution in [0.2, 0.25) is 0 Å². The minimum absolute atomic E-state index is 0.0469. The van der Waals surface area contributed by atoms with E-state index in [2.05, 4.69) is 31.2 Å². The van der Waals surface area contributed by atoms with Crippen LogP contribution in [0.25, 0.3) is 0 Å². The zero-order valence-corrected chi connectivity index (χ0v) is 24.0. The molecule has 1 unspecified atom stereocenters. The number of carboxylic acids is 1. The van der Waals surface area contributed by atoms with E-state index in [4.69, 9.17) is 9.84 Å². The second-order valence-corrected chi connectivity index (χ2v) is 10.4. The summed E-state index contributed by atoms with van der Waals surface area (Å²) in [6.07, 6.45) is 32.1. The molecule has 0 aliphatic carbocycles. The van der Waals surface area contributed by atoms with E-state index >= 15 is 0 Å². The average molecular weight is 523 g/mol. The first-order valence-corrected chi connectivity index (χ1v) is 15.4. The molecule has 0 radical (unpaired) electrons. The van der Waals surface area contributed by atoms with Gasteiger partial charge in [0.05, 0.1) is 12.7 Å². The highest BCUT2D eigenvalue weighted by atomic mass is 16.5. The molecule has 216 valence electrons. The van der Waals surface area contributed by atoms with Crippen LogP contribution in [0.4, 0.5) is 0 Å². The van der Waals surface area contributed by atoms with E-state index in [1.54, 1.807) is 0 Å². The fraction of sp³-hybridized carbons (Fsp3) is 0.812. The lowest BCUT2D eigenvalue weighted by Gasteiger charge is -2.06. The lowest BCUT2D eigenvalue weighted by Crippen LogP contribution is -2.05. The van der Waals surface area contributed by atoms with Crippen molar-refractivity contribution in [3.63, 3.8) is 0 Å². The summed E-state index contributed by atoms with van der Waals surface area (Å²) in [5, 5.41) is 18.4. The molecule has 0 fully saturated rings. The third-order valence-corrected chi connectivity index (χ3v) is 6.67. The maximum absolute atomic E-state index is 11.8. The van der Waals surface area contributed by atoms with Crippen LogP contribution < -0.4 is 0 Å². The largest absolute Gasteiger partial charge is 0.481 e. The molecule has 0 amide bonds. The van der Waals surface area contributed by atoms with Gasteiger partial charge in [-0.25, -0.2) is 0 Å². The van der Waals surface area contributed by atoms with E-state index in [-0.39, 0.29) is 12.1 Å². The van der Waals surface area contributed by atoms with E-state index < -0.39 is 5.97 Å². The second-order valence-electron chi connectivity index (χ2n) is 10.4. The van der Waals surface area contributed by atoms with E-state index in [9.17, 15) is 14.7 Å². The Hall–Kier alpha value is -1.62. The number of carboxylic acid groups (broad SMARTS) is 1. The normalized spacial score (nSPS) is 12.5. The van der Waals surface area contributed by atoms with Crippen molar-refractivity contribution in [1.29, 1.82) is 0 Å². The molecule has 5 nitrogen and oxygen atoms in total. The van der Waals surface area contributed by atoms with Crippen molar-refractivity contribution in [2.24, 2.45) is 0 Å². The number of aliphatic hydroxyl groups excluding tert-OH is 1. The molecule has 5 heteroatoms. The summed E-state index contributed by atoms with van der Waals surface area (Å²) < 4.78 is 5.36. The molecule has 0 saturated carbocycles. The Labute approximate surface area is 228 Å². The summed E-state index contributed by atoms with van der Waals surface area (Å²) in [6, 6.07) is 0. The van der Waals surface area contributed by atoms with Gasteiger partial charge in [0, 0.05) is 12.8 Å². The molecule has 0 aromatic carbocycles. The summed E-state index contributed by atoms with van der Waals surface area (Å²) in [6.45, 7) is 2.71. The number of ether oxygens (including phenoxy) is 1. The third-order valence-electron chi connectivity index (χ3n) is 6.67. The van der Waals surface area contributed by atoms with E-state index in [0.29, 0.717) is 19.4 Å². The molecular weight excluding hydrogens is 464 g/mol. The third kappa shape index (κ3) is 30.5. The first-order chi connectivity index (χ1) is 18.1. The lowest BCUT2D eigenvalue weighted by atomic mass is 10.1. The molecule has 37 heavy (non-hydrogen) atoms. The van der Waals surface area contributed by atoms with Gasteiger partial charge in [-0.05, 0) is 70.6 Å². The molecular formula is C32H58O5. The number of rotatable bonds is 28. The summed E-state index contributed by atoms with van der Waals surface area (Å²) >= 11 is 0. The monoisotopic (exact) mass is 522 g/mol. The van der Waals surface area contributed by atoms with Gasteiger partial charge in [-0.2, -0.15) is 0 Å². The minimum Gasteiger partial charge on any atom is -0.481 e. The number of aliphatic carboxylic acids is 1. The molecule has 0 aromatic rings. The maximum atomic E-state index is 11.8. The SMILES string of the molecule is CCCCC(O)C/C=C\CCCCCCCC(=O)OCCCCCC/C=C\CCCCCCCC(=O)O. The Morgan fingerprint density at radius 2 is 1.14 bits per heavy atom. The van der Waals surface area contributed by atoms with Crippen molar-refractivity contribution in [1.82, 2.24) is 0 Å². The number of carbonyl (C=O) groups excluding carboxylic acids is 1. The molecule has 1 atom stereocenters. The number of hydrogen-bond acceptors (Lipinski definition) is 4. The Morgan fingerprint density at radius 1 is 0.649 bits per heavy atom. The number of carbonyl (C=O) groups is 2. The van der Waals surface area contributed by atoms with Gasteiger partial charge >= 0.3 is 11.9 Å². The van der Waals surface area contributed by atoms with Gasteiger partial charge in [-0.1, -0.05) is 95.4 Å². The molecule has 0 aliphatic heterocycles. The van der Waals surface area contributed by atoms with Crippen molar-refractivity contribution in [2.75, 3.05) is 6.61 Å². The van der Waals surface area contributed by atoms with Gasteiger partial charge < -0.3 is 14.9 Å². The number of hydrogen-bond donors (Lipinski definition) is 2. The first kappa shape index (κ1) is 35.4. The average Bonchev–Trinajstić information content (AvgIpc) is 2.88. The quantitative estimate of drug-likeness (QED) is 0.0608. The van der Waals surface area contributed by atoms with Gasteiger partial charge in [0.15, 0.2) is 0 Å². The second kappa shape index (κ2) is 28.9. The Balaban J connectivity index is 3.30. The van der Waals surface area contributed by atoms with E-state index in [0.717, 1.165) is 89.9 Å². The molecule has 0 spiro atoms. The van der Waals surface area contributed by atoms with Gasteiger partial charge in [0.2, 0.25) is 0 Å². The number of aliphatic hydroxyl groups is 1. The molecule has 0 aliphatic rings. The standard InChI is InChI=1S/C32H58O5/c1-2-3-25-30(33)26-21-17-13-10-11-15-19-23-28-32(36)37-29-24-20-16-12-8-6-4-5-7-9-14-18-22-27-31(34)35/h4,6,17,21,30,33H,2-3,5,7-16,18-20,22-29H2,1H3,(H,34,35)/b6-4-,21-17-. The van der Waals surface area contributed by atoms with Crippen LogP contribution in [0.5, 0.6) is 0 Å². The van der Waals surface area contributed by atoms with Crippen molar-refractivity contribution in [3.8, 4) is 0 Å². The van der Waals surface area contributed by atoms with Crippen molar-refractivity contribution < 1.29 is 24.5 Å². The molecule has 0 heterocycles. The zero-order chi connectivity index (χ0) is 27.2. The van der Waals surface area contributed by atoms with Crippen LogP contribution in [-0.2, 0) is 14.3 Å². The highest BCUT2D eigenvalue weighted by Gasteiger charge is 2.03. The predicted molar refractivity (Wildman–Crippen MR) is 155 cm³/mol. The van der Waals surface area contributed by atoms with Gasteiger partial charge in [-0.3, -0.25) is 9.59 Å². The van der Waals surface area contributed by atoms with E-state index in [1.165, 1.54) is 44.9 Å². The first-order valence-electron chi connectivity index (χ1n) is 15.4. The van der Waals surface area contributed by atoms with Crippen molar-refractivity contribution in [2.45, 2.75) is 161 Å². The summed E-state index contributed by atoms with van der Waals surface area (Å²) in [5.41, 5.74) is 0. The Morgan fingerprint density at radius 3 is 1.70 bits per heavy atom. The van der Waals surface area contributed by atoms with Gasteiger partial charge in [0.25, 0.3) is 0 Å². The van der Waals surface area contributed by atoms with Crippen molar-refractivity contribution >= 4 is 11.9 Å². The van der Waals surface area contributed by atoms with Crippen LogP contribution in [0, 0.1) is 0 Å². The molecule has 0 bridgehead atoms. The van der Waals surface area contributed by atoms with Gasteiger partial charge in [0.1, 0.15) is 0 Å². The molecule has 2 N–H and O–H groups in total. The zero-order valence-electron chi connectivity index (χ0n) is 24.0. The smallest absolute Gasteiger partial charge is 0.305 e. The molecule has 0 rings (SSSR count). The van der Waals surface area contributed by atoms with Crippen LogP contribution in [-0.4, -0.2) is 34.9 Å². The summed E-state index contributed by atoms with van der Waals surface area (Å²) in [7, 11) is 0. The number of allylic oxidation sites excluding steroid dienone is 3. The van der Waals surface area contributed by atoms with Crippen LogP contribution in [0.1, 0.15) is 155 Å². The Bertz CT molecular complexity index is 570. The Kier molecular flexibility index (Phi) is 27.7. The summed E-state index contributed by atoms with van der Waals surface area (Å²) in [5.74, 6) is -0.734. The molecule has 0 aromatic heterocycles. The number of esters is 1. The fourth-order valence-electron chi connectivity index (χ4n) is 4.27. The van der Waals surface area contributed by atoms with Crippen LogP contribution in [0.15, 0.2) is 24.3 Å².